The zero-order chi connectivity index (χ0) is 26.0. The van der Waals surface area contributed by atoms with Gasteiger partial charge in [-0.15, -0.1) is 0 Å². The predicted molar refractivity (Wildman–Crippen MR) is 146 cm³/mol. The maximum Gasteiger partial charge on any atom is 0.338 e. The van der Waals surface area contributed by atoms with Crippen LogP contribution in [0.25, 0.3) is 6.08 Å². The Kier molecular flexibility index (Phi) is 7.95. The van der Waals surface area contributed by atoms with Gasteiger partial charge in [0, 0.05) is 0 Å². The fraction of sp³-hybridized carbons (Fsp3) is 0.321. The lowest BCUT2D eigenvalue weighted by molar-refractivity contribution is -0.139. The SMILES string of the molecule is CCOC(=O)C1=C(C)N=c2s/c(=C\c3ccc(OCC)c(Br)c3)c(=O)n2[C@@H]1c1ccc(C(C)C)cc1. The van der Waals surface area contributed by atoms with Crippen molar-refractivity contribution in [3.05, 3.63) is 94.6 Å². The Morgan fingerprint density at radius 3 is 2.50 bits per heavy atom. The van der Waals surface area contributed by atoms with Crippen molar-refractivity contribution >= 4 is 39.3 Å². The van der Waals surface area contributed by atoms with E-state index in [1.807, 2.05) is 55.5 Å². The van der Waals surface area contributed by atoms with Crippen molar-refractivity contribution in [3.63, 3.8) is 0 Å². The fourth-order valence-electron chi connectivity index (χ4n) is 4.20. The van der Waals surface area contributed by atoms with Gasteiger partial charge in [0.2, 0.25) is 0 Å². The molecule has 0 bridgehead atoms. The van der Waals surface area contributed by atoms with Gasteiger partial charge in [0.1, 0.15) is 5.75 Å². The second-order valence-electron chi connectivity index (χ2n) is 8.75. The van der Waals surface area contributed by atoms with Crippen LogP contribution in [0.3, 0.4) is 0 Å². The summed E-state index contributed by atoms with van der Waals surface area (Å²) < 4.78 is 13.9. The maximum absolute atomic E-state index is 13.7. The molecule has 0 radical (unpaired) electrons. The van der Waals surface area contributed by atoms with E-state index in [2.05, 4.69) is 34.8 Å². The fourth-order valence-corrected chi connectivity index (χ4v) is 5.76. The largest absolute Gasteiger partial charge is 0.493 e. The van der Waals surface area contributed by atoms with Crippen molar-refractivity contribution in [3.8, 4) is 5.75 Å². The van der Waals surface area contributed by atoms with Crippen molar-refractivity contribution < 1.29 is 14.3 Å². The van der Waals surface area contributed by atoms with E-state index in [4.69, 9.17) is 9.47 Å². The molecule has 0 N–H and O–H groups in total. The van der Waals surface area contributed by atoms with Gasteiger partial charge < -0.3 is 9.47 Å². The molecule has 1 aliphatic heterocycles. The number of rotatable bonds is 7. The number of halogens is 1. The molecule has 0 fully saturated rings. The van der Waals surface area contributed by atoms with Crippen LogP contribution in [0.1, 0.15) is 63.3 Å². The van der Waals surface area contributed by atoms with Gasteiger partial charge in [-0.1, -0.05) is 55.5 Å². The first-order valence-corrected chi connectivity index (χ1v) is 13.6. The molecule has 1 aliphatic rings. The van der Waals surface area contributed by atoms with Crippen LogP contribution in [-0.2, 0) is 9.53 Å². The molecule has 0 amide bonds. The van der Waals surface area contributed by atoms with Crippen LogP contribution in [0.2, 0.25) is 0 Å². The van der Waals surface area contributed by atoms with Crippen LogP contribution in [0.4, 0.5) is 0 Å². The van der Waals surface area contributed by atoms with Crippen LogP contribution < -0.4 is 19.6 Å². The van der Waals surface area contributed by atoms with Crippen molar-refractivity contribution in [2.45, 2.75) is 46.6 Å². The molecule has 1 atom stereocenters. The first-order chi connectivity index (χ1) is 17.2. The molecule has 1 aromatic heterocycles. The number of benzene rings is 2. The van der Waals surface area contributed by atoms with Crippen LogP contribution in [0.5, 0.6) is 5.75 Å². The molecule has 0 saturated carbocycles. The number of nitrogens with zero attached hydrogens (tertiary/aromatic N) is 2. The summed E-state index contributed by atoms with van der Waals surface area (Å²) in [5.41, 5.74) is 3.63. The molecule has 0 saturated heterocycles. The van der Waals surface area contributed by atoms with Gasteiger partial charge in [-0.05, 0) is 77.5 Å². The molecule has 2 heterocycles. The van der Waals surface area contributed by atoms with E-state index in [1.165, 1.54) is 16.9 Å². The minimum absolute atomic E-state index is 0.198. The first kappa shape index (κ1) is 26.1. The summed E-state index contributed by atoms with van der Waals surface area (Å²) in [6.07, 6.45) is 1.84. The van der Waals surface area contributed by atoms with Gasteiger partial charge >= 0.3 is 5.97 Å². The van der Waals surface area contributed by atoms with Crippen LogP contribution in [0, 0.1) is 0 Å². The molecule has 36 heavy (non-hydrogen) atoms. The number of carbonyl (C=O) groups excluding carboxylic acids is 1. The van der Waals surface area contributed by atoms with E-state index >= 15 is 0 Å². The summed E-state index contributed by atoms with van der Waals surface area (Å²) in [5, 5.41) is 0. The quantitative estimate of drug-likeness (QED) is 0.372. The third-order valence-electron chi connectivity index (χ3n) is 5.99. The summed E-state index contributed by atoms with van der Waals surface area (Å²) in [5.74, 6) is 0.661. The zero-order valence-corrected chi connectivity index (χ0v) is 23.4. The summed E-state index contributed by atoms with van der Waals surface area (Å²) in [6, 6.07) is 13.1. The second kappa shape index (κ2) is 11.0. The minimum Gasteiger partial charge on any atom is -0.493 e. The Morgan fingerprint density at radius 2 is 1.89 bits per heavy atom. The lowest BCUT2D eigenvalue weighted by Crippen LogP contribution is -2.39. The Balaban J connectivity index is 1.89. The van der Waals surface area contributed by atoms with Gasteiger partial charge in [0.25, 0.3) is 5.56 Å². The topological polar surface area (TPSA) is 69.9 Å². The number of allylic oxidation sites excluding steroid dienone is 1. The summed E-state index contributed by atoms with van der Waals surface area (Å²) >= 11 is 4.85. The highest BCUT2D eigenvalue weighted by atomic mass is 79.9. The third-order valence-corrected chi connectivity index (χ3v) is 7.59. The number of esters is 1. The number of aromatic nitrogens is 1. The van der Waals surface area contributed by atoms with E-state index < -0.39 is 12.0 Å². The number of fused-ring (bicyclic) bond motifs is 1. The standard InChI is InChI=1S/C28H29BrN2O4S/c1-6-34-22-13-8-18(14-21(22)29)15-23-26(32)31-25(20-11-9-19(10-12-20)16(3)4)24(27(33)35-7-2)17(5)30-28(31)36-23/h8-16,25H,6-7H2,1-5H3/b23-15-/t25-/m1/s1. The van der Waals surface area contributed by atoms with Gasteiger partial charge in [0.05, 0.1) is 39.5 Å². The van der Waals surface area contributed by atoms with Gasteiger partial charge in [-0.3, -0.25) is 9.36 Å². The summed E-state index contributed by atoms with van der Waals surface area (Å²) in [7, 11) is 0. The number of ether oxygens (including phenoxy) is 2. The van der Waals surface area contributed by atoms with Crippen LogP contribution in [0.15, 0.2) is 68.0 Å². The Bertz CT molecular complexity index is 1500. The first-order valence-electron chi connectivity index (χ1n) is 12.0. The smallest absolute Gasteiger partial charge is 0.338 e. The average Bonchev–Trinajstić information content (AvgIpc) is 3.14. The molecule has 188 valence electrons. The van der Waals surface area contributed by atoms with Crippen LogP contribution >= 0.6 is 27.3 Å². The van der Waals surface area contributed by atoms with Gasteiger partial charge in [-0.2, -0.15) is 0 Å². The molecule has 0 aliphatic carbocycles. The monoisotopic (exact) mass is 568 g/mol. The van der Waals surface area contributed by atoms with E-state index in [0.717, 1.165) is 21.3 Å². The highest BCUT2D eigenvalue weighted by molar-refractivity contribution is 9.10. The highest BCUT2D eigenvalue weighted by Crippen LogP contribution is 2.31. The number of hydrogen-bond acceptors (Lipinski definition) is 6. The summed E-state index contributed by atoms with van der Waals surface area (Å²) in [4.78, 5) is 32.0. The number of carbonyl (C=O) groups is 1. The van der Waals surface area contributed by atoms with E-state index in [9.17, 15) is 9.59 Å². The zero-order valence-electron chi connectivity index (χ0n) is 21.0. The molecule has 0 unspecified atom stereocenters. The highest BCUT2D eigenvalue weighted by Gasteiger charge is 2.33. The Morgan fingerprint density at radius 1 is 1.17 bits per heavy atom. The summed E-state index contributed by atoms with van der Waals surface area (Å²) in [6.45, 7) is 10.6. The molecule has 3 aromatic rings. The molecule has 4 rings (SSSR count). The lowest BCUT2D eigenvalue weighted by atomic mass is 9.93. The number of hydrogen-bond donors (Lipinski definition) is 0. The van der Waals surface area contributed by atoms with E-state index in [0.29, 0.717) is 33.1 Å². The lowest BCUT2D eigenvalue weighted by Gasteiger charge is -2.25. The van der Waals surface area contributed by atoms with E-state index in [-0.39, 0.29) is 12.2 Å². The minimum atomic E-state index is -0.615. The predicted octanol–water partition coefficient (Wildman–Crippen LogP) is 5.08. The number of thiazole rings is 1. The van der Waals surface area contributed by atoms with Crippen molar-refractivity contribution in [1.82, 2.24) is 4.57 Å². The molecular formula is C28H29BrN2O4S. The maximum atomic E-state index is 13.7. The van der Waals surface area contributed by atoms with Gasteiger partial charge in [0.15, 0.2) is 4.80 Å². The van der Waals surface area contributed by atoms with Crippen molar-refractivity contribution in [1.29, 1.82) is 0 Å². The third kappa shape index (κ3) is 5.11. The second-order valence-corrected chi connectivity index (χ2v) is 10.6. The normalized spacial score (nSPS) is 15.6. The molecule has 2 aromatic carbocycles. The Hall–Kier alpha value is -2.97. The Labute approximate surface area is 222 Å². The van der Waals surface area contributed by atoms with Crippen molar-refractivity contribution in [2.24, 2.45) is 4.99 Å². The molecule has 6 nitrogen and oxygen atoms in total. The molecule has 8 heteroatoms. The average molecular weight is 570 g/mol. The van der Waals surface area contributed by atoms with Gasteiger partial charge in [-0.25, -0.2) is 9.79 Å². The van der Waals surface area contributed by atoms with Crippen molar-refractivity contribution in [2.75, 3.05) is 13.2 Å². The molecular weight excluding hydrogens is 540 g/mol. The molecule has 0 spiro atoms. The van der Waals surface area contributed by atoms with Crippen LogP contribution in [-0.4, -0.2) is 23.8 Å². The van der Waals surface area contributed by atoms with E-state index in [1.54, 1.807) is 18.4 Å².